The third kappa shape index (κ3) is 4.24. The molecule has 0 amide bonds. The van der Waals surface area contributed by atoms with Crippen molar-refractivity contribution in [1.82, 2.24) is 0 Å². The maximum Gasteiger partial charge on any atom is 0.306 e. The molecule has 0 aliphatic heterocycles. The lowest BCUT2D eigenvalue weighted by atomic mass is 10.0. The van der Waals surface area contributed by atoms with Gasteiger partial charge in [0.05, 0.1) is 0 Å². The van der Waals surface area contributed by atoms with Gasteiger partial charge in [-0.1, -0.05) is 30.7 Å². The van der Waals surface area contributed by atoms with Gasteiger partial charge in [-0.05, 0) is 55.7 Å². The van der Waals surface area contributed by atoms with E-state index in [1.807, 2.05) is 19.1 Å². The van der Waals surface area contributed by atoms with E-state index in [1.54, 1.807) is 38.3 Å². The normalized spacial score (nSPS) is 24.2. The van der Waals surface area contributed by atoms with Gasteiger partial charge in [-0.25, -0.2) is 0 Å². The van der Waals surface area contributed by atoms with Crippen LogP contribution >= 0.6 is 11.6 Å². The van der Waals surface area contributed by atoms with Gasteiger partial charge in [-0.2, -0.15) is 0 Å². The van der Waals surface area contributed by atoms with E-state index in [-0.39, 0.29) is 12.1 Å². The number of rotatable bonds is 3. The van der Waals surface area contributed by atoms with Gasteiger partial charge in [0.25, 0.3) is 0 Å². The second-order valence-corrected chi connectivity index (χ2v) is 5.81. The maximum absolute atomic E-state index is 11.0. The molecule has 0 bridgehead atoms. The molecule has 0 spiro atoms. The van der Waals surface area contributed by atoms with Crippen LogP contribution in [0, 0.1) is 11.8 Å². The summed E-state index contributed by atoms with van der Waals surface area (Å²) >= 11 is 5.74. The van der Waals surface area contributed by atoms with E-state index >= 15 is 0 Å². The van der Waals surface area contributed by atoms with E-state index in [0.717, 1.165) is 5.56 Å². The van der Waals surface area contributed by atoms with Crippen LogP contribution in [0.2, 0.25) is 5.02 Å². The van der Waals surface area contributed by atoms with Crippen LogP contribution in [0.4, 0.5) is 0 Å². The number of benzene rings is 1. The van der Waals surface area contributed by atoms with Crippen LogP contribution in [-0.4, -0.2) is 5.97 Å². The summed E-state index contributed by atoms with van der Waals surface area (Å²) in [5, 5.41) is 0.683. The Morgan fingerprint density at radius 3 is 2.26 bits per heavy atom. The first-order valence-corrected chi connectivity index (χ1v) is 7.43. The van der Waals surface area contributed by atoms with Crippen LogP contribution in [0.15, 0.2) is 24.3 Å². The van der Waals surface area contributed by atoms with Crippen LogP contribution in [0.3, 0.4) is 0 Å². The van der Waals surface area contributed by atoms with Crippen molar-refractivity contribution in [2.75, 3.05) is 0 Å². The monoisotopic (exact) mass is 280 g/mol. The number of halogens is 1. The Balaban J connectivity index is 0.000000215. The average molecular weight is 281 g/mol. The van der Waals surface area contributed by atoms with Gasteiger partial charge in [0, 0.05) is 11.4 Å². The van der Waals surface area contributed by atoms with Gasteiger partial charge >= 0.3 is 5.97 Å². The molecule has 104 valence electrons. The van der Waals surface area contributed by atoms with E-state index < -0.39 is 0 Å². The van der Waals surface area contributed by atoms with Crippen molar-refractivity contribution in [2.24, 2.45) is 11.8 Å². The molecule has 3 unspecified atom stereocenters. The average Bonchev–Trinajstić information content (AvgIpc) is 2.97. The lowest BCUT2D eigenvalue weighted by molar-refractivity contribution is -0.148. The van der Waals surface area contributed by atoms with Gasteiger partial charge in [-0.3, -0.25) is 4.79 Å². The minimum atomic E-state index is -0.209. The van der Waals surface area contributed by atoms with Gasteiger partial charge in [0.2, 0.25) is 0 Å². The number of esters is 1. The maximum atomic E-state index is 11.0. The molecule has 2 fully saturated rings. The summed E-state index contributed by atoms with van der Waals surface area (Å²) in [5.74, 6) is 2.28. The highest BCUT2D eigenvalue weighted by Crippen LogP contribution is 2.55. The fourth-order valence-corrected chi connectivity index (χ4v) is 2.39. The molecule has 2 saturated carbocycles. The van der Waals surface area contributed by atoms with Crippen molar-refractivity contribution in [1.29, 1.82) is 0 Å². The Kier molecular flexibility index (Phi) is 4.87. The Labute approximate surface area is 120 Å². The van der Waals surface area contributed by atoms with Crippen molar-refractivity contribution in [3.05, 3.63) is 34.9 Å². The molecule has 3 heteroatoms. The fourth-order valence-electron chi connectivity index (χ4n) is 2.27. The number of fused-ring (bicyclic) bond motifs is 1. The molecule has 3 rings (SSSR count). The van der Waals surface area contributed by atoms with Crippen molar-refractivity contribution >= 4 is 17.6 Å². The Hall–Kier alpha value is -1.02. The van der Waals surface area contributed by atoms with Crippen LogP contribution < -0.4 is 0 Å². The van der Waals surface area contributed by atoms with Crippen molar-refractivity contribution in [2.45, 2.75) is 45.6 Å². The van der Waals surface area contributed by atoms with Crippen LogP contribution in [-0.2, 0) is 9.53 Å². The van der Waals surface area contributed by atoms with E-state index in [9.17, 15) is 4.79 Å². The molecule has 0 N–H and O–H groups in total. The first-order chi connectivity index (χ1) is 9.10. The number of ether oxygens (including phenoxy) is 1. The molecule has 0 aromatic heterocycles. The first-order valence-electron chi connectivity index (χ1n) is 7.05. The second kappa shape index (κ2) is 6.42. The van der Waals surface area contributed by atoms with Gasteiger partial charge in [0.15, 0.2) is 0 Å². The summed E-state index contributed by atoms with van der Waals surface area (Å²) < 4.78 is 5.14. The molecule has 0 saturated heterocycles. The SMILES string of the molecule is C1CC2CC12.CCC(=O)OC(C)c1ccc(Cl)cc1. The van der Waals surface area contributed by atoms with Crippen molar-refractivity contribution < 1.29 is 9.53 Å². The molecule has 3 atom stereocenters. The molecule has 2 aliphatic carbocycles. The molecule has 1 aromatic rings. The Bertz CT molecular complexity index is 415. The Morgan fingerprint density at radius 1 is 1.32 bits per heavy atom. The summed E-state index contributed by atoms with van der Waals surface area (Å²) in [5.41, 5.74) is 0.955. The molecule has 2 nitrogen and oxygen atoms in total. The van der Waals surface area contributed by atoms with E-state index in [2.05, 4.69) is 0 Å². The zero-order valence-corrected chi connectivity index (χ0v) is 12.3. The van der Waals surface area contributed by atoms with E-state index in [1.165, 1.54) is 11.8 Å². The van der Waals surface area contributed by atoms with Crippen LogP contribution in [0.5, 0.6) is 0 Å². The molecule has 1 aromatic carbocycles. The third-order valence-electron chi connectivity index (χ3n) is 3.91. The molecular weight excluding hydrogens is 260 g/mol. The summed E-state index contributed by atoms with van der Waals surface area (Å²) in [6, 6.07) is 7.28. The summed E-state index contributed by atoms with van der Waals surface area (Å²) in [6.45, 7) is 3.62. The number of hydrogen-bond acceptors (Lipinski definition) is 2. The minimum absolute atomic E-state index is 0.188. The fraction of sp³-hybridized carbons (Fsp3) is 0.562. The molecule has 19 heavy (non-hydrogen) atoms. The summed E-state index contributed by atoms with van der Waals surface area (Å²) in [4.78, 5) is 11.0. The van der Waals surface area contributed by atoms with Gasteiger partial charge in [-0.15, -0.1) is 0 Å². The standard InChI is InChI=1S/C11H13ClO2.C5H8/c1-3-11(13)14-8(2)9-4-6-10(12)7-5-9;1-2-5-3-4(1)5/h4-8H,3H2,1-2H3;4-5H,1-3H2. The topological polar surface area (TPSA) is 26.3 Å². The first kappa shape index (κ1) is 14.4. The van der Waals surface area contributed by atoms with Gasteiger partial charge in [0.1, 0.15) is 6.10 Å². The molecular formula is C16H21ClO2. The molecule has 0 heterocycles. The van der Waals surface area contributed by atoms with Gasteiger partial charge < -0.3 is 4.74 Å². The second-order valence-electron chi connectivity index (χ2n) is 5.37. The number of hydrogen-bond donors (Lipinski definition) is 0. The zero-order chi connectivity index (χ0) is 13.8. The smallest absolute Gasteiger partial charge is 0.306 e. The minimum Gasteiger partial charge on any atom is -0.458 e. The quantitative estimate of drug-likeness (QED) is 0.746. The lowest BCUT2D eigenvalue weighted by Gasteiger charge is -2.12. The summed E-state index contributed by atoms with van der Waals surface area (Å²) in [7, 11) is 0. The van der Waals surface area contributed by atoms with Crippen molar-refractivity contribution in [3.8, 4) is 0 Å². The van der Waals surface area contributed by atoms with E-state index in [0.29, 0.717) is 11.4 Å². The Morgan fingerprint density at radius 2 is 1.89 bits per heavy atom. The van der Waals surface area contributed by atoms with E-state index in [4.69, 9.17) is 16.3 Å². The highest BCUT2D eigenvalue weighted by atomic mass is 35.5. The predicted molar refractivity (Wildman–Crippen MR) is 77.1 cm³/mol. The molecule has 0 radical (unpaired) electrons. The van der Waals surface area contributed by atoms with Crippen LogP contribution in [0.25, 0.3) is 0 Å². The highest BCUT2D eigenvalue weighted by molar-refractivity contribution is 6.30. The number of carbonyl (C=O) groups is 1. The number of carbonyl (C=O) groups excluding carboxylic acids is 1. The zero-order valence-electron chi connectivity index (χ0n) is 11.6. The van der Waals surface area contributed by atoms with Crippen LogP contribution in [0.1, 0.15) is 51.2 Å². The summed E-state index contributed by atoms with van der Waals surface area (Å²) in [6.07, 6.45) is 4.90. The largest absolute Gasteiger partial charge is 0.458 e. The highest BCUT2D eigenvalue weighted by Gasteiger charge is 2.44. The lowest BCUT2D eigenvalue weighted by Crippen LogP contribution is -2.07. The van der Waals surface area contributed by atoms with Crippen molar-refractivity contribution in [3.63, 3.8) is 0 Å². The molecule has 2 aliphatic rings. The third-order valence-corrected chi connectivity index (χ3v) is 4.17. The predicted octanol–water partition coefficient (Wildman–Crippen LogP) is 4.77.